The number of carbonyl (C=O) groups is 1. The second-order valence-electron chi connectivity index (χ2n) is 7.62. The van der Waals surface area contributed by atoms with Crippen LogP contribution in [0, 0.1) is 5.92 Å². The number of hydrogen-bond acceptors (Lipinski definition) is 5. The smallest absolute Gasteiger partial charge is 0.227 e. The molecule has 1 fully saturated rings. The molecule has 1 amide bonds. The second kappa shape index (κ2) is 9.98. The molecule has 160 valence electrons. The van der Waals surface area contributed by atoms with Gasteiger partial charge in [0.1, 0.15) is 18.1 Å². The van der Waals surface area contributed by atoms with E-state index in [2.05, 4.69) is 15.2 Å². The van der Waals surface area contributed by atoms with E-state index in [4.69, 9.17) is 9.47 Å². The van der Waals surface area contributed by atoms with E-state index in [-0.39, 0.29) is 11.8 Å². The minimum atomic E-state index is 0.0134. The van der Waals surface area contributed by atoms with Gasteiger partial charge in [-0.2, -0.15) is 0 Å². The molecule has 2 aromatic carbocycles. The number of carbonyl (C=O) groups excluding carboxylic acids is 1. The monoisotopic (exact) mass is 417 g/mol. The highest BCUT2D eigenvalue weighted by atomic mass is 16.5. The van der Waals surface area contributed by atoms with Crippen molar-refractivity contribution in [2.24, 2.45) is 5.92 Å². The van der Waals surface area contributed by atoms with E-state index in [0.29, 0.717) is 12.4 Å². The number of anilines is 2. The van der Waals surface area contributed by atoms with Crippen molar-refractivity contribution in [3.8, 4) is 11.5 Å². The molecule has 1 N–H and O–H groups in total. The van der Waals surface area contributed by atoms with E-state index in [0.717, 1.165) is 48.6 Å². The van der Waals surface area contributed by atoms with Crippen LogP contribution in [-0.4, -0.2) is 31.1 Å². The van der Waals surface area contributed by atoms with Crippen molar-refractivity contribution < 1.29 is 14.3 Å². The summed E-state index contributed by atoms with van der Waals surface area (Å²) in [6, 6.07) is 19.3. The number of methoxy groups -OCH3 is 1. The number of aromatic nitrogens is 1. The number of benzene rings is 2. The van der Waals surface area contributed by atoms with Crippen LogP contribution in [0.25, 0.3) is 0 Å². The van der Waals surface area contributed by atoms with Gasteiger partial charge < -0.3 is 19.7 Å². The van der Waals surface area contributed by atoms with Gasteiger partial charge in [-0.15, -0.1) is 0 Å². The lowest BCUT2D eigenvalue weighted by molar-refractivity contribution is -0.120. The van der Waals surface area contributed by atoms with E-state index >= 15 is 0 Å². The van der Waals surface area contributed by atoms with Gasteiger partial charge in [0.25, 0.3) is 0 Å². The number of nitrogens with zero attached hydrogens (tertiary/aromatic N) is 2. The average molecular weight is 418 g/mol. The van der Waals surface area contributed by atoms with Gasteiger partial charge in [-0.3, -0.25) is 9.78 Å². The fraction of sp³-hybridized carbons (Fsp3) is 0.280. The molecule has 6 nitrogen and oxygen atoms in total. The van der Waals surface area contributed by atoms with Gasteiger partial charge in [0, 0.05) is 48.8 Å². The Balaban J connectivity index is 1.30. The molecule has 2 heterocycles. The lowest BCUT2D eigenvalue weighted by atomic mass is 9.95. The maximum atomic E-state index is 12.8. The quantitative estimate of drug-likeness (QED) is 0.612. The van der Waals surface area contributed by atoms with Crippen LogP contribution in [0.1, 0.15) is 18.4 Å². The summed E-state index contributed by atoms with van der Waals surface area (Å²) >= 11 is 0. The van der Waals surface area contributed by atoms with Gasteiger partial charge in [0.05, 0.1) is 7.11 Å². The van der Waals surface area contributed by atoms with Crippen LogP contribution in [0.5, 0.6) is 11.5 Å². The standard InChI is InChI=1S/C25H27N3O3/c1-30-23-6-2-4-19(16-23)18-31-24-7-3-5-21(17-24)27-25(29)20-10-14-28(15-11-20)22-8-12-26-13-9-22/h2-9,12-13,16-17,20H,10-11,14-15,18H2,1H3,(H,27,29). The summed E-state index contributed by atoms with van der Waals surface area (Å²) in [5, 5.41) is 3.06. The van der Waals surface area contributed by atoms with Gasteiger partial charge in [-0.25, -0.2) is 0 Å². The third-order valence-corrected chi connectivity index (χ3v) is 5.53. The molecular formula is C25H27N3O3. The third kappa shape index (κ3) is 5.54. The zero-order valence-electron chi connectivity index (χ0n) is 17.7. The highest BCUT2D eigenvalue weighted by Crippen LogP contribution is 2.25. The maximum Gasteiger partial charge on any atom is 0.227 e. The number of nitrogens with one attached hydrogen (secondary N) is 1. The predicted molar refractivity (Wildman–Crippen MR) is 122 cm³/mol. The Labute approximate surface area is 182 Å². The van der Waals surface area contributed by atoms with Gasteiger partial charge in [0.2, 0.25) is 5.91 Å². The normalized spacial score (nSPS) is 14.2. The van der Waals surface area contributed by atoms with Gasteiger partial charge in [0.15, 0.2) is 0 Å². The number of pyridine rings is 1. The van der Waals surface area contributed by atoms with Crippen LogP contribution in [0.3, 0.4) is 0 Å². The van der Waals surface area contributed by atoms with Crippen LogP contribution in [-0.2, 0) is 11.4 Å². The first-order valence-electron chi connectivity index (χ1n) is 10.5. The lowest BCUT2D eigenvalue weighted by Gasteiger charge is -2.32. The summed E-state index contributed by atoms with van der Waals surface area (Å²) in [5.74, 6) is 1.60. The van der Waals surface area contributed by atoms with Crippen LogP contribution < -0.4 is 19.7 Å². The van der Waals surface area contributed by atoms with E-state index in [1.807, 2.05) is 60.7 Å². The third-order valence-electron chi connectivity index (χ3n) is 5.53. The summed E-state index contributed by atoms with van der Waals surface area (Å²) in [6.45, 7) is 2.17. The van der Waals surface area contributed by atoms with Gasteiger partial charge in [-0.1, -0.05) is 18.2 Å². The fourth-order valence-electron chi connectivity index (χ4n) is 3.79. The van der Waals surface area contributed by atoms with E-state index in [1.54, 1.807) is 19.5 Å². The Morgan fingerprint density at radius 1 is 1.03 bits per heavy atom. The Hall–Kier alpha value is -3.54. The van der Waals surface area contributed by atoms with Crippen LogP contribution in [0.15, 0.2) is 73.1 Å². The molecule has 6 heteroatoms. The number of rotatable bonds is 7. The average Bonchev–Trinajstić information content (AvgIpc) is 2.84. The molecule has 1 saturated heterocycles. The Morgan fingerprint density at radius 2 is 1.77 bits per heavy atom. The molecule has 1 aliphatic rings. The number of ether oxygens (including phenoxy) is 2. The molecule has 0 radical (unpaired) electrons. The molecule has 0 saturated carbocycles. The molecule has 0 unspecified atom stereocenters. The molecule has 1 aliphatic heterocycles. The minimum Gasteiger partial charge on any atom is -0.497 e. The summed E-state index contributed by atoms with van der Waals surface area (Å²) < 4.78 is 11.2. The van der Waals surface area contributed by atoms with Crippen molar-refractivity contribution in [1.82, 2.24) is 4.98 Å². The van der Waals surface area contributed by atoms with E-state index < -0.39 is 0 Å². The van der Waals surface area contributed by atoms with Gasteiger partial charge in [-0.05, 0) is 54.8 Å². The number of piperidine rings is 1. The molecule has 3 aromatic rings. The summed E-state index contributed by atoms with van der Waals surface area (Å²) in [6.07, 6.45) is 5.27. The fourth-order valence-corrected chi connectivity index (χ4v) is 3.79. The lowest BCUT2D eigenvalue weighted by Crippen LogP contribution is -2.38. The molecule has 0 bridgehead atoms. The largest absolute Gasteiger partial charge is 0.497 e. The summed E-state index contributed by atoms with van der Waals surface area (Å²) in [7, 11) is 1.65. The number of hydrogen-bond donors (Lipinski definition) is 1. The Kier molecular flexibility index (Phi) is 6.67. The summed E-state index contributed by atoms with van der Waals surface area (Å²) in [4.78, 5) is 19.2. The van der Waals surface area contributed by atoms with E-state index in [9.17, 15) is 4.79 Å². The molecule has 0 aliphatic carbocycles. The zero-order chi connectivity index (χ0) is 21.5. The molecule has 0 spiro atoms. The first kappa shape index (κ1) is 20.7. The first-order valence-corrected chi connectivity index (χ1v) is 10.5. The van der Waals surface area contributed by atoms with Crippen molar-refractivity contribution in [3.63, 3.8) is 0 Å². The zero-order valence-corrected chi connectivity index (χ0v) is 17.7. The molecular weight excluding hydrogens is 390 g/mol. The van der Waals surface area contributed by atoms with Crippen molar-refractivity contribution in [3.05, 3.63) is 78.6 Å². The van der Waals surface area contributed by atoms with Crippen molar-refractivity contribution in [2.75, 3.05) is 30.4 Å². The Bertz CT molecular complexity index is 1000. The topological polar surface area (TPSA) is 63.7 Å². The highest BCUT2D eigenvalue weighted by Gasteiger charge is 2.25. The van der Waals surface area contributed by atoms with Crippen molar-refractivity contribution in [2.45, 2.75) is 19.4 Å². The Morgan fingerprint density at radius 3 is 2.55 bits per heavy atom. The molecule has 31 heavy (non-hydrogen) atoms. The predicted octanol–water partition coefficient (Wildman–Crippen LogP) is 4.52. The molecule has 4 rings (SSSR count). The summed E-state index contributed by atoms with van der Waals surface area (Å²) in [5.41, 5.74) is 2.94. The van der Waals surface area contributed by atoms with E-state index in [1.165, 1.54) is 0 Å². The highest BCUT2D eigenvalue weighted by molar-refractivity contribution is 5.92. The van der Waals surface area contributed by atoms with Crippen molar-refractivity contribution >= 4 is 17.3 Å². The van der Waals surface area contributed by atoms with Gasteiger partial charge >= 0.3 is 0 Å². The van der Waals surface area contributed by atoms with Crippen LogP contribution >= 0.6 is 0 Å². The molecule has 1 aromatic heterocycles. The SMILES string of the molecule is COc1cccc(COc2cccc(NC(=O)C3CCN(c4ccncc4)CC3)c2)c1. The second-order valence-corrected chi connectivity index (χ2v) is 7.62. The minimum absolute atomic E-state index is 0.0134. The first-order chi connectivity index (χ1) is 15.2. The molecule has 0 atom stereocenters. The van der Waals surface area contributed by atoms with Crippen molar-refractivity contribution in [1.29, 1.82) is 0 Å². The van der Waals surface area contributed by atoms with Crippen LogP contribution in [0.2, 0.25) is 0 Å². The van der Waals surface area contributed by atoms with Crippen LogP contribution in [0.4, 0.5) is 11.4 Å². The number of amides is 1. The maximum absolute atomic E-state index is 12.8.